The highest BCUT2D eigenvalue weighted by atomic mass is 79.9. The number of aryl methyl sites for hydroxylation is 1. The second kappa shape index (κ2) is 17.4. The lowest BCUT2D eigenvalue weighted by Gasteiger charge is -2.16. The van der Waals surface area contributed by atoms with Crippen LogP contribution in [0.25, 0.3) is 11.5 Å². The number of amides is 1. The Bertz CT molecular complexity index is 1690. The number of hydrogen-bond donors (Lipinski definition) is 1. The monoisotopic (exact) mass is 718 g/mol. The van der Waals surface area contributed by atoms with Crippen LogP contribution in [0.5, 0.6) is 11.5 Å². The number of aromatic nitrogens is 1. The maximum Gasteiger partial charge on any atom is 0.415 e. The van der Waals surface area contributed by atoms with Gasteiger partial charge in [-0.3, -0.25) is 14.4 Å². The van der Waals surface area contributed by atoms with Gasteiger partial charge in [0.2, 0.25) is 5.89 Å². The molecule has 5 rings (SSSR count). The van der Waals surface area contributed by atoms with Gasteiger partial charge in [-0.05, 0) is 75.1 Å². The van der Waals surface area contributed by atoms with Crippen molar-refractivity contribution in [2.24, 2.45) is 11.8 Å². The first kappa shape index (κ1) is 36.1. The molecule has 0 aliphatic carbocycles. The quantitative estimate of drug-likeness (QED) is 0.122. The highest BCUT2D eigenvalue weighted by Gasteiger charge is 2.40. The van der Waals surface area contributed by atoms with Crippen molar-refractivity contribution in [2.45, 2.75) is 44.9 Å². The van der Waals surface area contributed by atoms with Crippen LogP contribution in [0.2, 0.25) is 0 Å². The van der Waals surface area contributed by atoms with E-state index >= 15 is 0 Å². The van der Waals surface area contributed by atoms with Gasteiger partial charge in [0, 0.05) is 25.1 Å². The Morgan fingerprint density at radius 1 is 0.979 bits per heavy atom. The van der Waals surface area contributed by atoms with Gasteiger partial charge in [0.25, 0.3) is 0 Å². The van der Waals surface area contributed by atoms with Crippen LogP contribution in [0.15, 0.2) is 89.3 Å². The standard InChI is InChI=1S/C31H30N2O6.C6H9BrO2/c1-21-28(39-29(32-21)23-10-4-2-5-11-23)15-16-37-26-14-8-9-22(18-26)17-24-19-33(20-27(24)30(34)35)31(36)38-25-12-6-3-7-13-25;1-4(8)3-6(9)5(2)7/h2-14,18,24,27H,15-17,19-20H2,1H3,(H,34,35);5H,3H2,1-2H3/t24-,27+;/m1./s1. The van der Waals surface area contributed by atoms with Gasteiger partial charge in [0.1, 0.15) is 23.0 Å². The Hall–Kier alpha value is -4.77. The third-order valence-electron chi connectivity index (χ3n) is 7.74. The number of nitrogens with zero attached hydrogens (tertiary/aromatic N) is 2. The van der Waals surface area contributed by atoms with E-state index in [1.165, 1.54) is 11.8 Å². The van der Waals surface area contributed by atoms with Crippen molar-refractivity contribution in [1.29, 1.82) is 0 Å². The molecule has 1 N–H and O–H groups in total. The molecule has 1 unspecified atom stereocenters. The number of benzene rings is 3. The van der Waals surface area contributed by atoms with Crippen molar-refractivity contribution in [2.75, 3.05) is 19.7 Å². The molecular weight excluding hydrogens is 680 g/mol. The van der Waals surface area contributed by atoms with Crippen LogP contribution in [0.3, 0.4) is 0 Å². The van der Waals surface area contributed by atoms with Crippen LogP contribution in [0.4, 0.5) is 4.79 Å². The number of likely N-dealkylation sites (tertiary alicyclic amines) is 1. The molecule has 252 valence electrons. The normalized spacial score (nSPS) is 16.0. The molecule has 1 aliphatic rings. The van der Waals surface area contributed by atoms with Crippen LogP contribution in [0.1, 0.15) is 37.3 Å². The van der Waals surface area contributed by atoms with Gasteiger partial charge in [-0.2, -0.15) is 0 Å². The summed E-state index contributed by atoms with van der Waals surface area (Å²) in [6.45, 7) is 5.88. The van der Waals surface area contributed by atoms with Crippen LogP contribution in [0, 0.1) is 18.8 Å². The van der Waals surface area contributed by atoms with Crippen molar-refractivity contribution in [1.82, 2.24) is 9.88 Å². The number of ether oxygens (including phenoxy) is 2. The Morgan fingerprint density at radius 3 is 2.27 bits per heavy atom. The van der Waals surface area contributed by atoms with E-state index in [9.17, 15) is 24.3 Å². The molecule has 48 heavy (non-hydrogen) atoms. The number of alkyl halides is 1. The lowest BCUT2D eigenvalue weighted by molar-refractivity contribution is -0.142. The number of halogens is 1. The predicted octanol–water partition coefficient (Wildman–Crippen LogP) is 6.96. The second-order valence-corrected chi connectivity index (χ2v) is 13.0. The molecule has 10 nitrogen and oxygen atoms in total. The molecule has 1 aliphatic heterocycles. The summed E-state index contributed by atoms with van der Waals surface area (Å²) in [5.41, 5.74) is 2.71. The molecule has 1 aromatic heterocycles. The molecule has 3 atom stereocenters. The van der Waals surface area contributed by atoms with Crippen molar-refractivity contribution >= 4 is 39.6 Å². The third kappa shape index (κ3) is 10.6. The molecule has 1 fully saturated rings. The van der Waals surface area contributed by atoms with E-state index < -0.39 is 18.0 Å². The predicted molar refractivity (Wildman–Crippen MR) is 183 cm³/mol. The molecule has 0 saturated carbocycles. The number of carboxylic acids is 1. The van der Waals surface area contributed by atoms with Crippen molar-refractivity contribution < 1.29 is 38.2 Å². The van der Waals surface area contributed by atoms with Crippen molar-refractivity contribution in [3.63, 3.8) is 0 Å². The Labute approximate surface area is 288 Å². The van der Waals surface area contributed by atoms with Gasteiger partial charge < -0.3 is 23.9 Å². The fourth-order valence-corrected chi connectivity index (χ4v) is 5.40. The van der Waals surface area contributed by atoms with Crippen molar-refractivity contribution in [3.8, 4) is 23.0 Å². The maximum atomic E-state index is 12.7. The maximum absolute atomic E-state index is 12.7. The lowest BCUT2D eigenvalue weighted by atomic mass is 9.90. The number of aliphatic carboxylic acids is 1. The second-order valence-electron chi connectivity index (χ2n) is 11.6. The molecule has 0 bridgehead atoms. The number of Topliss-reactive ketones (excluding diaryl/α,β-unsaturated/α-hetero) is 2. The molecule has 2 heterocycles. The summed E-state index contributed by atoms with van der Waals surface area (Å²) >= 11 is 3.07. The Balaban J connectivity index is 0.000000508. The topological polar surface area (TPSA) is 136 Å². The highest BCUT2D eigenvalue weighted by molar-refractivity contribution is 9.10. The number of hydrogen-bond acceptors (Lipinski definition) is 8. The van der Waals surface area contributed by atoms with E-state index in [2.05, 4.69) is 20.9 Å². The largest absolute Gasteiger partial charge is 0.493 e. The molecule has 1 saturated heterocycles. The third-order valence-corrected chi connectivity index (χ3v) is 8.25. The van der Waals surface area contributed by atoms with Gasteiger partial charge in [0.05, 0.1) is 29.5 Å². The summed E-state index contributed by atoms with van der Waals surface area (Å²) in [5, 5.41) is 9.81. The SMILES string of the molecule is CC(=O)CC(=O)C(C)Br.Cc1nc(-c2ccccc2)oc1CCOc1cccc(C[C@@H]2CN(C(=O)Oc3ccccc3)C[C@@H]2C(=O)O)c1. The number of ketones is 2. The molecule has 0 spiro atoms. The number of para-hydroxylation sites is 1. The van der Waals surface area contributed by atoms with Crippen LogP contribution >= 0.6 is 15.9 Å². The Kier molecular flexibility index (Phi) is 13.1. The zero-order valence-corrected chi connectivity index (χ0v) is 28.7. The zero-order valence-electron chi connectivity index (χ0n) is 27.1. The molecule has 0 radical (unpaired) electrons. The average Bonchev–Trinajstić information content (AvgIpc) is 3.66. The first-order valence-corrected chi connectivity index (χ1v) is 16.6. The molecule has 1 amide bonds. The van der Waals surface area contributed by atoms with Crippen molar-refractivity contribution in [3.05, 3.63) is 102 Å². The average molecular weight is 720 g/mol. The van der Waals surface area contributed by atoms with E-state index in [0.717, 1.165) is 22.6 Å². The summed E-state index contributed by atoms with van der Waals surface area (Å²) in [6.07, 6.45) is 0.584. The van der Waals surface area contributed by atoms with Crippen LogP contribution < -0.4 is 9.47 Å². The number of oxazole rings is 1. The van der Waals surface area contributed by atoms with Gasteiger partial charge in [-0.25, -0.2) is 9.78 Å². The van der Waals surface area contributed by atoms with Gasteiger partial charge in [-0.1, -0.05) is 64.5 Å². The number of carboxylic acid groups (broad SMARTS) is 1. The summed E-state index contributed by atoms with van der Waals surface area (Å²) < 4.78 is 17.4. The summed E-state index contributed by atoms with van der Waals surface area (Å²) in [6, 6.07) is 26.2. The molecule has 3 aromatic carbocycles. The Morgan fingerprint density at radius 2 is 1.65 bits per heavy atom. The van der Waals surface area contributed by atoms with Gasteiger partial charge in [-0.15, -0.1) is 0 Å². The van der Waals surface area contributed by atoms with Crippen LogP contribution in [-0.2, 0) is 27.2 Å². The first-order chi connectivity index (χ1) is 23.0. The van der Waals surface area contributed by atoms with Gasteiger partial charge in [0.15, 0.2) is 5.78 Å². The van der Waals surface area contributed by atoms with E-state index in [0.29, 0.717) is 43.4 Å². The smallest absolute Gasteiger partial charge is 0.415 e. The summed E-state index contributed by atoms with van der Waals surface area (Å²) in [7, 11) is 0. The lowest BCUT2D eigenvalue weighted by Crippen LogP contribution is -2.32. The zero-order chi connectivity index (χ0) is 34.6. The van der Waals surface area contributed by atoms with E-state index in [1.54, 1.807) is 31.2 Å². The minimum Gasteiger partial charge on any atom is -0.493 e. The highest BCUT2D eigenvalue weighted by Crippen LogP contribution is 2.29. The summed E-state index contributed by atoms with van der Waals surface area (Å²) in [5.74, 6) is 0.533. The number of carbonyl (C=O) groups is 4. The number of carbonyl (C=O) groups excluding carboxylic acids is 3. The number of rotatable bonds is 12. The van der Waals surface area contributed by atoms with E-state index in [-0.39, 0.29) is 35.3 Å². The minimum atomic E-state index is -0.917. The molecule has 4 aromatic rings. The first-order valence-electron chi connectivity index (χ1n) is 15.6. The van der Waals surface area contributed by atoms with Crippen LogP contribution in [-0.4, -0.2) is 63.1 Å². The van der Waals surface area contributed by atoms with E-state index in [4.69, 9.17) is 13.9 Å². The van der Waals surface area contributed by atoms with Gasteiger partial charge >= 0.3 is 12.1 Å². The summed E-state index contributed by atoms with van der Waals surface area (Å²) in [4.78, 5) is 51.4. The minimum absolute atomic E-state index is 0.0480. The molecular formula is C37H39BrN2O8. The fraction of sp³-hybridized carbons (Fsp3) is 0.324. The molecule has 11 heteroatoms. The fourth-order valence-electron chi connectivity index (χ4n) is 5.24. The van der Waals surface area contributed by atoms with E-state index in [1.807, 2.05) is 67.6 Å².